The van der Waals surface area contributed by atoms with Gasteiger partial charge in [0.2, 0.25) is 0 Å². The van der Waals surface area contributed by atoms with Crippen LogP contribution in [0, 0.1) is 0 Å². The Hall–Kier alpha value is -1.62. The van der Waals surface area contributed by atoms with Gasteiger partial charge in [0, 0.05) is 50.9 Å². The number of hydrogen-bond donors (Lipinski definition) is 0. The van der Waals surface area contributed by atoms with Gasteiger partial charge in [-0.15, -0.1) is 0 Å². The standard InChI is InChI=1S/C14H19N3O2/c18-14(13-2-1-11-19-13)17-9-7-16(8-10-17)12-3-5-15-6-4-12/h3-6,13H,1-2,7-11H2. The summed E-state index contributed by atoms with van der Waals surface area (Å²) in [5.41, 5.74) is 1.18. The number of piperazine rings is 1. The van der Waals surface area contributed by atoms with Crippen molar-refractivity contribution >= 4 is 11.6 Å². The van der Waals surface area contributed by atoms with Gasteiger partial charge >= 0.3 is 0 Å². The summed E-state index contributed by atoms with van der Waals surface area (Å²) < 4.78 is 5.47. The first kappa shape index (κ1) is 12.4. The molecule has 1 aromatic heterocycles. The van der Waals surface area contributed by atoms with Crippen LogP contribution in [0.2, 0.25) is 0 Å². The van der Waals surface area contributed by atoms with Gasteiger partial charge in [-0.25, -0.2) is 0 Å². The lowest BCUT2D eigenvalue weighted by molar-refractivity contribution is -0.141. The third-order valence-electron chi connectivity index (χ3n) is 3.82. The number of hydrogen-bond acceptors (Lipinski definition) is 4. The Bertz CT molecular complexity index is 424. The molecule has 0 spiro atoms. The van der Waals surface area contributed by atoms with Crippen molar-refractivity contribution in [2.45, 2.75) is 18.9 Å². The number of ether oxygens (including phenoxy) is 1. The fourth-order valence-corrected chi connectivity index (χ4v) is 2.72. The van der Waals surface area contributed by atoms with Crippen LogP contribution in [0.4, 0.5) is 5.69 Å². The van der Waals surface area contributed by atoms with Gasteiger partial charge in [0.05, 0.1) is 0 Å². The smallest absolute Gasteiger partial charge is 0.251 e. The fourth-order valence-electron chi connectivity index (χ4n) is 2.72. The molecular weight excluding hydrogens is 242 g/mol. The molecule has 2 saturated heterocycles. The van der Waals surface area contributed by atoms with Gasteiger partial charge in [0.1, 0.15) is 6.10 Å². The number of rotatable bonds is 2. The number of anilines is 1. The number of aromatic nitrogens is 1. The molecule has 5 nitrogen and oxygen atoms in total. The van der Waals surface area contributed by atoms with E-state index in [0.717, 1.165) is 45.6 Å². The summed E-state index contributed by atoms with van der Waals surface area (Å²) in [6.07, 6.45) is 5.31. The lowest BCUT2D eigenvalue weighted by Crippen LogP contribution is -2.51. The summed E-state index contributed by atoms with van der Waals surface area (Å²) in [5, 5.41) is 0. The minimum Gasteiger partial charge on any atom is -0.368 e. The molecule has 1 atom stereocenters. The Kier molecular flexibility index (Phi) is 3.64. The number of carbonyl (C=O) groups excluding carboxylic acids is 1. The molecular formula is C14H19N3O2. The van der Waals surface area contributed by atoms with Crippen LogP contribution in [-0.2, 0) is 9.53 Å². The molecule has 1 aromatic rings. The Balaban J connectivity index is 1.56. The third kappa shape index (κ3) is 2.71. The number of carbonyl (C=O) groups is 1. The van der Waals surface area contributed by atoms with Crippen molar-refractivity contribution in [2.75, 3.05) is 37.7 Å². The van der Waals surface area contributed by atoms with E-state index in [-0.39, 0.29) is 12.0 Å². The predicted octanol–water partition coefficient (Wildman–Crippen LogP) is 0.909. The average molecular weight is 261 g/mol. The topological polar surface area (TPSA) is 45.7 Å². The molecule has 0 N–H and O–H groups in total. The highest BCUT2D eigenvalue weighted by atomic mass is 16.5. The normalized spacial score (nSPS) is 23.7. The Morgan fingerprint density at radius 2 is 1.95 bits per heavy atom. The average Bonchev–Trinajstić information content (AvgIpc) is 3.02. The molecule has 1 amide bonds. The first-order valence-corrected chi connectivity index (χ1v) is 6.90. The second-order valence-corrected chi connectivity index (χ2v) is 5.02. The van der Waals surface area contributed by atoms with Gasteiger partial charge in [0.25, 0.3) is 5.91 Å². The van der Waals surface area contributed by atoms with Gasteiger partial charge in [0.15, 0.2) is 0 Å². The second kappa shape index (κ2) is 5.57. The van der Waals surface area contributed by atoms with Crippen molar-refractivity contribution in [1.29, 1.82) is 0 Å². The molecule has 2 aliphatic heterocycles. The maximum absolute atomic E-state index is 12.2. The van der Waals surface area contributed by atoms with Crippen LogP contribution in [0.25, 0.3) is 0 Å². The van der Waals surface area contributed by atoms with E-state index in [2.05, 4.69) is 9.88 Å². The van der Waals surface area contributed by atoms with Crippen LogP contribution >= 0.6 is 0 Å². The summed E-state index contributed by atoms with van der Waals surface area (Å²) in [7, 11) is 0. The molecule has 0 aromatic carbocycles. The first-order chi connectivity index (χ1) is 9.34. The maximum Gasteiger partial charge on any atom is 0.251 e. The Morgan fingerprint density at radius 3 is 2.58 bits per heavy atom. The van der Waals surface area contributed by atoms with E-state index in [9.17, 15) is 4.79 Å². The molecule has 0 bridgehead atoms. The maximum atomic E-state index is 12.2. The summed E-state index contributed by atoms with van der Waals surface area (Å²) in [4.78, 5) is 20.5. The van der Waals surface area contributed by atoms with E-state index in [0.29, 0.717) is 0 Å². The monoisotopic (exact) mass is 261 g/mol. The number of pyridine rings is 1. The SMILES string of the molecule is O=C(C1CCCO1)N1CCN(c2ccncc2)CC1. The van der Waals surface area contributed by atoms with E-state index >= 15 is 0 Å². The first-order valence-electron chi connectivity index (χ1n) is 6.90. The summed E-state index contributed by atoms with van der Waals surface area (Å²) >= 11 is 0. The molecule has 3 heterocycles. The van der Waals surface area contributed by atoms with Crippen LogP contribution in [0.3, 0.4) is 0 Å². The zero-order chi connectivity index (χ0) is 13.1. The van der Waals surface area contributed by atoms with E-state index in [4.69, 9.17) is 4.74 Å². The zero-order valence-corrected chi connectivity index (χ0v) is 11.0. The van der Waals surface area contributed by atoms with Crippen molar-refractivity contribution in [3.8, 4) is 0 Å². The quantitative estimate of drug-likeness (QED) is 0.794. The fraction of sp³-hybridized carbons (Fsp3) is 0.571. The minimum atomic E-state index is -0.188. The lowest BCUT2D eigenvalue weighted by atomic mass is 10.2. The zero-order valence-electron chi connectivity index (χ0n) is 11.0. The molecule has 102 valence electrons. The van der Waals surface area contributed by atoms with E-state index < -0.39 is 0 Å². The van der Waals surface area contributed by atoms with Gasteiger partial charge in [-0.2, -0.15) is 0 Å². The molecule has 19 heavy (non-hydrogen) atoms. The number of amides is 1. The number of nitrogens with zero attached hydrogens (tertiary/aromatic N) is 3. The summed E-state index contributed by atoms with van der Waals surface area (Å²) in [6.45, 7) is 4.04. The van der Waals surface area contributed by atoms with Crippen LogP contribution in [0.15, 0.2) is 24.5 Å². The Labute approximate surface area is 113 Å². The van der Waals surface area contributed by atoms with Crippen molar-refractivity contribution < 1.29 is 9.53 Å². The molecule has 2 aliphatic rings. The van der Waals surface area contributed by atoms with Crippen molar-refractivity contribution in [2.24, 2.45) is 0 Å². The second-order valence-electron chi connectivity index (χ2n) is 5.02. The van der Waals surface area contributed by atoms with Gasteiger partial charge in [-0.3, -0.25) is 9.78 Å². The molecule has 0 radical (unpaired) electrons. The van der Waals surface area contributed by atoms with Gasteiger partial charge in [-0.05, 0) is 25.0 Å². The van der Waals surface area contributed by atoms with Crippen molar-refractivity contribution in [3.63, 3.8) is 0 Å². The molecule has 5 heteroatoms. The van der Waals surface area contributed by atoms with Crippen LogP contribution in [0.5, 0.6) is 0 Å². The van der Waals surface area contributed by atoms with Crippen LogP contribution in [0.1, 0.15) is 12.8 Å². The largest absolute Gasteiger partial charge is 0.368 e. The highest BCUT2D eigenvalue weighted by Crippen LogP contribution is 2.18. The summed E-state index contributed by atoms with van der Waals surface area (Å²) in [5.74, 6) is 0.173. The minimum absolute atomic E-state index is 0.173. The van der Waals surface area contributed by atoms with E-state index in [1.807, 2.05) is 17.0 Å². The van der Waals surface area contributed by atoms with Gasteiger partial charge in [-0.1, -0.05) is 0 Å². The molecule has 0 saturated carbocycles. The Morgan fingerprint density at radius 1 is 1.21 bits per heavy atom. The predicted molar refractivity (Wildman–Crippen MR) is 72.0 cm³/mol. The van der Waals surface area contributed by atoms with Crippen molar-refractivity contribution in [3.05, 3.63) is 24.5 Å². The van der Waals surface area contributed by atoms with Crippen LogP contribution < -0.4 is 4.90 Å². The van der Waals surface area contributed by atoms with Crippen molar-refractivity contribution in [1.82, 2.24) is 9.88 Å². The highest BCUT2D eigenvalue weighted by molar-refractivity contribution is 5.81. The van der Waals surface area contributed by atoms with Crippen LogP contribution in [-0.4, -0.2) is 54.7 Å². The van der Waals surface area contributed by atoms with E-state index in [1.54, 1.807) is 12.4 Å². The molecule has 3 rings (SSSR count). The molecule has 2 fully saturated rings. The highest BCUT2D eigenvalue weighted by Gasteiger charge is 2.30. The molecule has 1 unspecified atom stereocenters. The summed E-state index contributed by atoms with van der Waals surface area (Å²) in [6, 6.07) is 4.02. The molecule has 0 aliphatic carbocycles. The lowest BCUT2D eigenvalue weighted by Gasteiger charge is -2.36. The third-order valence-corrected chi connectivity index (χ3v) is 3.82. The van der Waals surface area contributed by atoms with E-state index in [1.165, 1.54) is 5.69 Å². The van der Waals surface area contributed by atoms with Gasteiger partial charge < -0.3 is 14.5 Å².